The summed E-state index contributed by atoms with van der Waals surface area (Å²) >= 11 is 25.2. The van der Waals surface area contributed by atoms with Gasteiger partial charge in [-0.05, 0) is 86.6 Å². The molecule has 38 heavy (non-hydrogen) atoms. The fourth-order valence-corrected chi connectivity index (χ4v) is 5.40. The van der Waals surface area contributed by atoms with Crippen LogP contribution in [0, 0.1) is 0 Å². The van der Waals surface area contributed by atoms with Crippen molar-refractivity contribution in [2.45, 2.75) is 18.9 Å². The Labute approximate surface area is 240 Å². The molecule has 1 fully saturated rings. The first kappa shape index (κ1) is 25.5. The van der Waals surface area contributed by atoms with Crippen LogP contribution in [0.4, 0.5) is 11.4 Å². The van der Waals surface area contributed by atoms with E-state index in [2.05, 4.69) is 27.3 Å². The highest BCUT2D eigenvalue weighted by Gasteiger charge is 2.19. The van der Waals surface area contributed by atoms with Gasteiger partial charge in [0.05, 0.1) is 59.6 Å². The summed E-state index contributed by atoms with van der Waals surface area (Å²) in [6, 6.07) is 23.5. The maximum Gasteiger partial charge on any atom is 0.0900 e. The van der Waals surface area contributed by atoms with Gasteiger partial charge in [-0.15, -0.1) is 0 Å². The molecule has 0 atom stereocenters. The van der Waals surface area contributed by atoms with Crippen LogP contribution in [0.3, 0.4) is 0 Å². The standard InChI is InChI=1S/C29H23Cl4N5/c30-20-7-5-18(13-22(20)32)36-25-15-27-29(16-26(25)35-17-9-11-34-12-10-17)38(19-6-8-21(31)23(33)14-19)28-4-2-1-3-24(28)37-27/h1-8,13-17,34,36H,9-12H2. The van der Waals surface area contributed by atoms with Crippen molar-refractivity contribution in [1.29, 1.82) is 0 Å². The van der Waals surface area contributed by atoms with Gasteiger partial charge in [-0.3, -0.25) is 4.99 Å². The monoisotopic (exact) mass is 581 g/mol. The van der Waals surface area contributed by atoms with Gasteiger partial charge in [0.1, 0.15) is 0 Å². The molecule has 1 saturated heterocycles. The van der Waals surface area contributed by atoms with Gasteiger partial charge in [0.15, 0.2) is 0 Å². The SMILES string of the molecule is Clc1ccc(Nc2cc3nc4ccccc4n(-c4ccc(Cl)c(Cl)c4)c-3cc2=NC2CCNCC2)cc1Cl. The van der Waals surface area contributed by atoms with E-state index >= 15 is 0 Å². The number of rotatable bonds is 4. The molecule has 0 bridgehead atoms. The maximum absolute atomic E-state index is 6.45. The molecule has 5 nitrogen and oxygen atoms in total. The minimum Gasteiger partial charge on any atom is -0.354 e. The van der Waals surface area contributed by atoms with E-state index in [1.165, 1.54) is 0 Å². The summed E-state index contributed by atoms with van der Waals surface area (Å²) in [4.78, 5) is 10.2. The van der Waals surface area contributed by atoms with E-state index in [4.69, 9.17) is 56.4 Å². The smallest absolute Gasteiger partial charge is 0.0900 e. The number of para-hydroxylation sites is 2. The molecule has 3 aromatic carbocycles. The van der Waals surface area contributed by atoms with Gasteiger partial charge in [-0.25, -0.2) is 4.98 Å². The summed E-state index contributed by atoms with van der Waals surface area (Å²) in [6.45, 7) is 1.90. The lowest BCUT2D eigenvalue weighted by atomic mass is 10.1. The molecular weight excluding hydrogens is 560 g/mol. The zero-order valence-electron chi connectivity index (χ0n) is 20.2. The predicted molar refractivity (Wildman–Crippen MR) is 159 cm³/mol. The summed E-state index contributed by atoms with van der Waals surface area (Å²) in [5, 5.41) is 9.76. The third-order valence-electron chi connectivity index (χ3n) is 6.69. The van der Waals surface area contributed by atoms with Crippen molar-refractivity contribution in [2.24, 2.45) is 4.99 Å². The molecule has 0 radical (unpaired) electrons. The number of halogens is 4. The molecule has 0 spiro atoms. The highest BCUT2D eigenvalue weighted by atomic mass is 35.5. The molecule has 2 N–H and O–H groups in total. The molecule has 3 aromatic rings. The summed E-state index contributed by atoms with van der Waals surface area (Å²) in [5.74, 6) is 0. The van der Waals surface area contributed by atoms with Gasteiger partial charge < -0.3 is 15.2 Å². The molecule has 0 aromatic heterocycles. The molecule has 192 valence electrons. The number of hydrogen-bond donors (Lipinski definition) is 2. The molecule has 6 rings (SSSR count). The van der Waals surface area contributed by atoms with Gasteiger partial charge in [0, 0.05) is 11.4 Å². The second-order valence-electron chi connectivity index (χ2n) is 9.26. The number of nitrogens with one attached hydrogen (secondary N) is 2. The molecule has 2 heterocycles. The Kier molecular flexibility index (Phi) is 7.21. The van der Waals surface area contributed by atoms with Crippen molar-refractivity contribution in [3.05, 3.63) is 98.2 Å². The largest absolute Gasteiger partial charge is 0.354 e. The van der Waals surface area contributed by atoms with Crippen molar-refractivity contribution in [3.8, 4) is 17.1 Å². The van der Waals surface area contributed by atoms with Crippen molar-refractivity contribution in [1.82, 2.24) is 14.9 Å². The average Bonchev–Trinajstić information content (AvgIpc) is 2.92. The number of nitrogens with zero attached hydrogens (tertiary/aromatic N) is 3. The topological polar surface area (TPSA) is 54.2 Å². The Morgan fingerprint density at radius 2 is 1.55 bits per heavy atom. The van der Waals surface area contributed by atoms with Crippen LogP contribution >= 0.6 is 46.4 Å². The normalized spacial score (nSPS) is 14.9. The van der Waals surface area contributed by atoms with Crippen LogP contribution in [0.2, 0.25) is 20.1 Å². The predicted octanol–water partition coefficient (Wildman–Crippen LogP) is 8.14. The number of piperidine rings is 1. The maximum atomic E-state index is 6.45. The van der Waals surface area contributed by atoms with Crippen molar-refractivity contribution < 1.29 is 0 Å². The van der Waals surface area contributed by atoms with E-state index in [1.54, 1.807) is 6.07 Å². The molecule has 0 saturated carbocycles. The molecule has 1 aliphatic carbocycles. The molecule has 3 aliphatic rings. The Hall–Kier alpha value is -2.80. The number of anilines is 2. The zero-order valence-corrected chi connectivity index (χ0v) is 23.2. The molecule has 9 heteroatoms. The van der Waals surface area contributed by atoms with E-state index in [-0.39, 0.29) is 6.04 Å². The molecule has 0 amide bonds. The van der Waals surface area contributed by atoms with Crippen LogP contribution in [-0.4, -0.2) is 28.7 Å². The third-order valence-corrected chi connectivity index (χ3v) is 8.17. The van der Waals surface area contributed by atoms with Crippen molar-refractivity contribution in [2.75, 3.05) is 18.4 Å². The number of aromatic nitrogens is 2. The van der Waals surface area contributed by atoms with Crippen LogP contribution in [0.5, 0.6) is 0 Å². The van der Waals surface area contributed by atoms with E-state index in [0.717, 1.165) is 70.8 Å². The summed E-state index contributed by atoms with van der Waals surface area (Å²) in [5.41, 5.74) is 6.08. The Balaban J connectivity index is 1.62. The van der Waals surface area contributed by atoms with E-state index in [9.17, 15) is 0 Å². The molecule has 0 unspecified atom stereocenters. The van der Waals surface area contributed by atoms with Crippen LogP contribution in [0.25, 0.3) is 28.1 Å². The van der Waals surface area contributed by atoms with E-state index < -0.39 is 0 Å². The molecular formula is C29H23Cl4N5. The Morgan fingerprint density at radius 3 is 2.32 bits per heavy atom. The van der Waals surface area contributed by atoms with Crippen molar-refractivity contribution >= 4 is 68.8 Å². The first-order valence-electron chi connectivity index (χ1n) is 12.3. The Morgan fingerprint density at radius 1 is 0.816 bits per heavy atom. The lowest BCUT2D eigenvalue weighted by Gasteiger charge is -2.22. The van der Waals surface area contributed by atoms with Crippen LogP contribution in [0.15, 0.2) is 77.8 Å². The second-order valence-corrected chi connectivity index (χ2v) is 10.9. The van der Waals surface area contributed by atoms with Crippen LogP contribution in [-0.2, 0) is 0 Å². The minimum absolute atomic E-state index is 0.217. The number of fused-ring (bicyclic) bond motifs is 2. The third kappa shape index (κ3) is 5.09. The van der Waals surface area contributed by atoms with Crippen molar-refractivity contribution in [3.63, 3.8) is 0 Å². The highest BCUT2D eigenvalue weighted by Crippen LogP contribution is 2.33. The quantitative estimate of drug-likeness (QED) is 0.210. The summed E-state index contributed by atoms with van der Waals surface area (Å²) < 4.78 is 2.16. The van der Waals surface area contributed by atoms with Gasteiger partial charge in [-0.2, -0.15) is 0 Å². The lowest BCUT2D eigenvalue weighted by Crippen LogP contribution is -2.31. The average molecular weight is 583 g/mol. The van der Waals surface area contributed by atoms with Gasteiger partial charge in [0.2, 0.25) is 0 Å². The summed E-state index contributed by atoms with van der Waals surface area (Å²) in [7, 11) is 0. The van der Waals surface area contributed by atoms with Crippen LogP contribution in [0.1, 0.15) is 12.8 Å². The Bertz CT molecular complexity index is 1690. The first-order valence-corrected chi connectivity index (χ1v) is 13.8. The molecule has 2 aliphatic heterocycles. The van der Waals surface area contributed by atoms with Gasteiger partial charge in [-0.1, -0.05) is 58.5 Å². The minimum atomic E-state index is 0.217. The van der Waals surface area contributed by atoms with E-state index in [0.29, 0.717) is 20.1 Å². The highest BCUT2D eigenvalue weighted by molar-refractivity contribution is 6.42. The lowest BCUT2D eigenvalue weighted by molar-refractivity contribution is 0.454. The van der Waals surface area contributed by atoms with E-state index in [1.807, 2.05) is 54.6 Å². The van der Waals surface area contributed by atoms with Gasteiger partial charge >= 0.3 is 0 Å². The van der Waals surface area contributed by atoms with Crippen LogP contribution < -0.4 is 16.0 Å². The summed E-state index contributed by atoms with van der Waals surface area (Å²) in [6.07, 6.45) is 1.96. The van der Waals surface area contributed by atoms with Gasteiger partial charge in [0.25, 0.3) is 0 Å². The second kappa shape index (κ2) is 10.8. The zero-order chi connectivity index (χ0) is 26.2. The fourth-order valence-electron chi connectivity index (χ4n) is 4.81. The number of hydrogen-bond acceptors (Lipinski definition) is 4. The number of benzene rings is 4. The first-order chi connectivity index (χ1) is 18.5. The fraction of sp³-hybridized carbons (Fsp3) is 0.172.